The summed E-state index contributed by atoms with van der Waals surface area (Å²) in [5.41, 5.74) is -1.51. The predicted molar refractivity (Wildman–Crippen MR) is 76.8 cm³/mol. The van der Waals surface area contributed by atoms with Gasteiger partial charge in [0.2, 0.25) is 0 Å². The van der Waals surface area contributed by atoms with E-state index in [9.17, 15) is 13.2 Å². The molecule has 1 fully saturated rings. The summed E-state index contributed by atoms with van der Waals surface area (Å²) in [6, 6.07) is 0.963. The average Bonchev–Trinajstić information content (AvgIpc) is 2.87. The zero-order valence-electron chi connectivity index (χ0n) is 12.7. The number of nitrogens with zero attached hydrogens (tertiary/aromatic N) is 1. The van der Waals surface area contributed by atoms with E-state index in [-0.39, 0.29) is 11.0 Å². The van der Waals surface area contributed by atoms with Crippen molar-refractivity contribution in [3.05, 3.63) is 24.0 Å². The van der Waals surface area contributed by atoms with E-state index >= 15 is 0 Å². The second-order valence-corrected chi connectivity index (χ2v) is 6.41. The van der Waals surface area contributed by atoms with Crippen LogP contribution in [0, 0.1) is 0 Å². The highest BCUT2D eigenvalue weighted by molar-refractivity contribution is 6.65. The maximum Gasteiger partial charge on any atom is 0.497 e. The molecular formula is C14H16BF3N2O2. The number of nitrogens with one attached hydrogen (secondary N) is 1. The van der Waals surface area contributed by atoms with Crippen molar-refractivity contribution in [1.29, 1.82) is 0 Å². The molecule has 3 heterocycles. The molecule has 4 nitrogen and oxygen atoms in total. The lowest BCUT2D eigenvalue weighted by atomic mass is 9.78. The van der Waals surface area contributed by atoms with Crippen molar-refractivity contribution in [2.45, 2.75) is 45.1 Å². The van der Waals surface area contributed by atoms with Crippen LogP contribution in [0.5, 0.6) is 0 Å². The lowest BCUT2D eigenvalue weighted by molar-refractivity contribution is -0.136. The van der Waals surface area contributed by atoms with Crippen LogP contribution in [-0.2, 0) is 15.5 Å². The highest BCUT2D eigenvalue weighted by Gasteiger charge is 2.53. The summed E-state index contributed by atoms with van der Waals surface area (Å²) < 4.78 is 51.4. The van der Waals surface area contributed by atoms with Gasteiger partial charge in [-0.2, -0.15) is 13.2 Å². The standard InChI is InChI=1S/C14H16BF3N2O2/c1-12(2)13(3,4)22-15(21-12)9-7-20-11-10(9)8(5-6-19-11)14(16,17)18/h5-7H,1-4H3,(H,19,20). The second-order valence-electron chi connectivity index (χ2n) is 6.41. The van der Waals surface area contributed by atoms with E-state index in [1.54, 1.807) is 0 Å². The van der Waals surface area contributed by atoms with E-state index in [4.69, 9.17) is 9.31 Å². The van der Waals surface area contributed by atoms with Crippen molar-refractivity contribution in [3.8, 4) is 0 Å². The third kappa shape index (κ3) is 2.21. The number of alkyl halides is 3. The molecule has 22 heavy (non-hydrogen) atoms. The summed E-state index contributed by atoms with van der Waals surface area (Å²) >= 11 is 0. The highest BCUT2D eigenvalue weighted by atomic mass is 19.4. The quantitative estimate of drug-likeness (QED) is 0.824. The van der Waals surface area contributed by atoms with E-state index in [1.165, 1.54) is 6.20 Å². The van der Waals surface area contributed by atoms with Crippen LogP contribution in [0.2, 0.25) is 0 Å². The first kappa shape index (κ1) is 15.4. The van der Waals surface area contributed by atoms with E-state index in [0.29, 0.717) is 5.46 Å². The van der Waals surface area contributed by atoms with Gasteiger partial charge in [-0.1, -0.05) is 0 Å². The number of rotatable bonds is 1. The van der Waals surface area contributed by atoms with Crippen LogP contribution >= 0.6 is 0 Å². The molecule has 118 valence electrons. The molecule has 3 rings (SSSR count). The zero-order chi connectivity index (χ0) is 16.3. The number of hydrogen-bond acceptors (Lipinski definition) is 3. The summed E-state index contributed by atoms with van der Waals surface area (Å²) in [5.74, 6) is 0. The van der Waals surface area contributed by atoms with Gasteiger partial charge in [0, 0.05) is 23.2 Å². The first-order chi connectivity index (χ1) is 10.0. The molecule has 1 aliphatic heterocycles. The monoisotopic (exact) mass is 312 g/mol. The number of halogens is 3. The zero-order valence-corrected chi connectivity index (χ0v) is 12.7. The van der Waals surface area contributed by atoms with E-state index in [1.807, 2.05) is 27.7 Å². The Labute approximate surface area is 126 Å². The van der Waals surface area contributed by atoms with Crippen molar-refractivity contribution >= 4 is 23.6 Å². The van der Waals surface area contributed by atoms with Crippen LogP contribution in [0.3, 0.4) is 0 Å². The fourth-order valence-corrected chi connectivity index (χ4v) is 2.47. The molecule has 0 saturated carbocycles. The first-order valence-corrected chi connectivity index (χ1v) is 6.92. The fourth-order valence-electron chi connectivity index (χ4n) is 2.47. The van der Waals surface area contributed by atoms with Crippen molar-refractivity contribution in [2.75, 3.05) is 0 Å². The number of pyridine rings is 1. The van der Waals surface area contributed by atoms with Crippen LogP contribution in [-0.4, -0.2) is 28.3 Å². The molecule has 0 atom stereocenters. The number of aromatic amines is 1. The van der Waals surface area contributed by atoms with Crippen LogP contribution in [0.15, 0.2) is 18.5 Å². The van der Waals surface area contributed by atoms with Crippen LogP contribution in [0.4, 0.5) is 13.2 Å². The third-order valence-corrected chi connectivity index (χ3v) is 4.42. The third-order valence-electron chi connectivity index (χ3n) is 4.42. The van der Waals surface area contributed by atoms with E-state index in [0.717, 1.165) is 12.3 Å². The summed E-state index contributed by atoms with van der Waals surface area (Å²) in [6.07, 6.45) is -1.87. The second kappa shape index (κ2) is 4.49. The van der Waals surface area contributed by atoms with Crippen LogP contribution in [0.1, 0.15) is 33.3 Å². The maximum absolute atomic E-state index is 13.2. The Morgan fingerprint density at radius 3 is 2.27 bits per heavy atom. The molecule has 0 aromatic carbocycles. The largest absolute Gasteiger partial charge is 0.497 e. The smallest absolute Gasteiger partial charge is 0.399 e. The Hall–Kier alpha value is -1.54. The lowest BCUT2D eigenvalue weighted by Gasteiger charge is -2.32. The lowest BCUT2D eigenvalue weighted by Crippen LogP contribution is -2.41. The Kier molecular flexibility index (Phi) is 3.13. The van der Waals surface area contributed by atoms with Crippen LogP contribution < -0.4 is 5.46 Å². The Morgan fingerprint density at radius 2 is 1.73 bits per heavy atom. The molecule has 0 amide bonds. The minimum absolute atomic E-state index is 0.00602. The van der Waals surface area contributed by atoms with E-state index in [2.05, 4.69) is 9.97 Å². The van der Waals surface area contributed by atoms with Crippen molar-refractivity contribution in [3.63, 3.8) is 0 Å². The highest BCUT2D eigenvalue weighted by Crippen LogP contribution is 2.38. The number of H-pyrrole nitrogens is 1. The summed E-state index contributed by atoms with van der Waals surface area (Å²) in [7, 11) is -0.871. The number of hydrogen-bond donors (Lipinski definition) is 1. The molecule has 0 unspecified atom stereocenters. The molecule has 0 aliphatic carbocycles. The summed E-state index contributed by atoms with van der Waals surface area (Å²) in [4.78, 5) is 6.71. The molecule has 8 heteroatoms. The SMILES string of the molecule is CC1(C)OB(c2c[nH]c3nccc(C(F)(F)F)c23)OC1(C)C. The molecule has 0 bridgehead atoms. The van der Waals surface area contributed by atoms with Gasteiger partial charge in [0.1, 0.15) is 5.65 Å². The molecule has 1 N–H and O–H groups in total. The van der Waals surface area contributed by atoms with E-state index < -0.39 is 30.1 Å². The van der Waals surface area contributed by atoms with Gasteiger partial charge in [-0.3, -0.25) is 0 Å². The molecule has 2 aromatic rings. The molecular weight excluding hydrogens is 296 g/mol. The van der Waals surface area contributed by atoms with Gasteiger partial charge in [0.05, 0.1) is 16.8 Å². The summed E-state index contributed by atoms with van der Waals surface area (Å²) in [5, 5.41) is -0.00602. The Balaban J connectivity index is 2.14. The normalized spacial score (nSPS) is 20.8. The predicted octanol–water partition coefficient (Wildman–Crippen LogP) is 2.88. The van der Waals surface area contributed by atoms with Gasteiger partial charge in [0.25, 0.3) is 0 Å². The first-order valence-electron chi connectivity index (χ1n) is 6.92. The molecule has 0 radical (unpaired) electrons. The van der Waals surface area contributed by atoms with Gasteiger partial charge < -0.3 is 14.3 Å². The topological polar surface area (TPSA) is 47.1 Å². The fraction of sp³-hybridized carbons (Fsp3) is 0.500. The summed E-state index contributed by atoms with van der Waals surface area (Å²) in [6.45, 7) is 7.41. The van der Waals surface area contributed by atoms with Gasteiger partial charge in [-0.15, -0.1) is 0 Å². The average molecular weight is 312 g/mol. The molecule has 1 aliphatic rings. The maximum atomic E-state index is 13.2. The minimum Gasteiger partial charge on any atom is -0.399 e. The number of fused-ring (bicyclic) bond motifs is 1. The van der Waals surface area contributed by atoms with Crippen molar-refractivity contribution in [2.24, 2.45) is 0 Å². The molecule has 1 saturated heterocycles. The molecule has 0 spiro atoms. The van der Waals surface area contributed by atoms with Gasteiger partial charge in [-0.05, 0) is 33.8 Å². The van der Waals surface area contributed by atoms with Crippen LogP contribution in [0.25, 0.3) is 11.0 Å². The van der Waals surface area contributed by atoms with Gasteiger partial charge in [0.15, 0.2) is 0 Å². The Bertz CT molecular complexity index is 708. The number of aromatic nitrogens is 2. The van der Waals surface area contributed by atoms with Crippen molar-refractivity contribution in [1.82, 2.24) is 9.97 Å². The van der Waals surface area contributed by atoms with Gasteiger partial charge in [-0.25, -0.2) is 4.98 Å². The van der Waals surface area contributed by atoms with Crippen molar-refractivity contribution < 1.29 is 22.5 Å². The molecule has 2 aromatic heterocycles. The Morgan fingerprint density at radius 1 is 1.14 bits per heavy atom. The van der Waals surface area contributed by atoms with Gasteiger partial charge >= 0.3 is 13.3 Å². The minimum atomic E-state index is -4.47.